The van der Waals surface area contributed by atoms with Gasteiger partial charge in [-0.25, -0.2) is 9.20 Å². The summed E-state index contributed by atoms with van der Waals surface area (Å²) in [5, 5.41) is 0.720. The number of aryl methyl sites for hydroxylation is 2. The Morgan fingerprint density at radius 2 is 1.90 bits per heavy atom. The summed E-state index contributed by atoms with van der Waals surface area (Å²) in [6.45, 7) is 9.99. The van der Waals surface area contributed by atoms with Crippen LogP contribution in [0.25, 0.3) is 0 Å². The van der Waals surface area contributed by atoms with Crippen molar-refractivity contribution in [2.24, 2.45) is 34.2 Å². The van der Waals surface area contributed by atoms with Crippen LogP contribution in [-0.2, 0) is 38.1 Å². The number of methoxy groups -OCH3 is 1. The van der Waals surface area contributed by atoms with Crippen LogP contribution < -0.4 is 9.64 Å². The highest BCUT2D eigenvalue weighted by atomic mass is 35.5. The number of carbonyl (C=O) groups is 3. The Labute approximate surface area is 346 Å². The van der Waals surface area contributed by atoms with Crippen molar-refractivity contribution in [2.45, 2.75) is 58.0 Å². The highest BCUT2D eigenvalue weighted by molar-refractivity contribution is 8.06. The fraction of sp³-hybridized carbons (Fsp3) is 0.500. The Kier molecular flexibility index (Phi) is 12.6. The van der Waals surface area contributed by atoms with E-state index in [0.29, 0.717) is 63.9 Å². The second-order valence-electron chi connectivity index (χ2n) is 16.5. The van der Waals surface area contributed by atoms with E-state index in [-0.39, 0.29) is 52.1 Å². The molecule has 1 saturated heterocycles. The largest absolute Gasteiger partial charge is 0.490 e. The van der Waals surface area contributed by atoms with Crippen molar-refractivity contribution in [3.05, 3.63) is 93.8 Å². The minimum Gasteiger partial charge on any atom is -0.490 e. The van der Waals surface area contributed by atoms with Gasteiger partial charge < -0.3 is 28.6 Å². The van der Waals surface area contributed by atoms with Gasteiger partial charge >= 0.3 is 0 Å². The van der Waals surface area contributed by atoms with Crippen molar-refractivity contribution in [1.29, 1.82) is 0 Å². The number of anilines is 1. The maximum absolute atomic E-state index is 14.7. The number of fused-ring (bicyclic) bond motifs is 3. The molecule has 3 amide bonds. The van der Waals surface area contributed by atoms with E-state index in [2.05, 4.69) is 46.3 Å². The SMILES string of the molecule is CO[C@H]1/C=C/C[C@H](C)CS(=O)(/C=N/C(=O)c2cc(C(=O)N3CCOCC3)n(C)c2)=NC(=O)c2ccc3c(c2)N(C[C@H](C)[C@H]1C)C[C@@]1(CCCc2cc(Cl)ccc21)CO3. The van der Waals surface area contributed by atoms with Crippen LogP contribution in [0.1, 0.15) is 82.4 Å². The molecule has 1 spiro atoms. The van der Waals surface area contributed by atoms with Crippen LogP contribution in [0.3, 0.4) is 0 Å². The predicted molar refractivity (Wildman–Crippen MR) is 227 cm³/mol. The maximum Gasteiger partial charge on any atom is 0.285 e. The molecule has 14 heteroatoms. The first-order valence-electron chi connectivity index (χ1n) is 20.2. The van der Waals surface area contributed by atoms with Gasteiger partial charge in [0.1, 0.15) is 17.0 Å². The van der Waals surface area contributed by atoms with Gasteiger partial charge in [-0.1, -0.05) is 50.6 Å². The van der Waals surface area contributed by atoms with Crippen molar-refractivity contribution < 1.29 is 32.8 Å². The second-order valence-corrected chi connectivity index (χ2v) is 19.1. The van der Waals surface area contributed by atoms with Gasteiger partial charge in [-0.05, 0) is 91.0 Å². The van der Waals surface area contributed by atoms with Gasteiger partial charge in [0, 0.05) is 68.3 Å². The molecule has 1 aromatic heterocycles. The molecule has 0 radical (unpaired) electrons. The molecule has 6 atom stereocenters. The monoisotopic (exact) mass is 831 g/mol. The van der Waals surface area contributed by atoms with Crippen LogP contribution in [0.2, 0.25) is 5.02 Å². The third-order valence-corrected chi connectivity index (χ3v) is 14.4. The topological polar surface area (TPSA) is 132 Å². The number of aliphatic imine (C=N–C) groups is 1. The quantitative estimate of drug-likeness (QED) is 0.156. The summed E-state index contributed by atoms with van der Waals surface area (Å²) < 4.78 is 38.7. The van der Waals surface area contributed by atoms with Crippen LogP contribution in [-0.4, -0.2) is 102 Å². The van der Waals surface area contributed by atoms with Crippen LogP contribution in [0.15, 0.2) is 70.2 Å². The lowest BCUT2D eigenvalue weighted by atomic mass is 9.70. The average molecular weight is 832 g/mol. The number of halogens is 1. The van der Waals surface area contributed by atoms with Crippen molar-refractivity contribution in [1.82, 2.24) is 9.47 Å². The molecule has 1 fully saturated rings. The Morgan fingerprint density at radius 3 is 2.67 bits per heavy atom. The van der Waals surface area contributed by atoms with Gasteiger partial charge in [-0.3, -0.25) is 14.4 Å². The lowest BCUT2D eigenvalue weighted by molar-refractivity contribution is 0.0296. The van der Waals surface area contributed by atoms with Crippen LogP contribution in [0.5, 0.6) is 5.75 Å². The van der Waals surface area contributed by atoms with E-state index < -0.39 is 21.5 Å². The number of amides is 3. The van der Waals surface area contributed by atoms with E-state index >= 15 is 0 Å². The molecule has 12 nitrogen and oxygen atoms in total. The third-order valence-electron chi connectivity index (χ3n) is 12.2. The smallest absolute Gasteiger partial charge is 0.285 e. The number of hydrogen-bond acceptors (Lipinski definition) is 8. The van der Waals surface area contributed by atoms with Crippen molar-refractivity contribution in [2.75, 3.05) is 63.8 Å². The zero-order valence-electron chi connectivity index (χ0n) is 34.0. The molecule has 7 rings (SSSR count). The number of carbonyl (C=O) groups excluding carboxylic acids is 3. The third kappa shape index (κ3) is 8.97. The van der Waals surface area contributed by atoms with Gasteiger partial charge in [0.15, 0.2) is 0 Å². The zero-order chi connectivity index (χ0) is 41.2. The van der Waals surface area contributed by atoms with E-state index in [1.165, 1.54) is 23.4 Å². The van der Waals surface area contributed by atoms with Crippen molar-refractivity contribution >= 4 is 50.3 Å². The molecule has 2 aromatic carbocycles. The second kappa shape index (κ2) is 17.5. The fourth-order valence-corrected chi connectivity index (χ4v) is 10.8. The summed E-state index contributed by atoms with van der Waals surface area (Å²) in [5.74, 6) is -0.785. The van der Waals surface area contributed by atoms with E-state index in [0.717, 1.165) is 35.5 Å². The Morgan fingerprint density at radius 1 is 1.10 bits per heavy atom. The first-order valence-corrected chi connectivity index (χ1v) is 22.3. The predicted octanol–water partition coefficient (Wildman–Crippen LogP) is 6.98. The van der Waals surface area contributed by atoms with E-state index in [1.54, 1.807) is 41.8 Å². The van der Waals surface area contributed by atoms with Gasteiger partial charge in [-0.2, -0.15) is 4.36 Å². The molecule has 1 unspecified atom stereocenters. The minimum atomic E-state index is -3.50. The van der Waals surface area contributed by atoms with Gasteiger partial charge in [0.25, 0.3) is 17.7 Å². The number of ether oxygens (including phenoxy) is 3. The molecule has 4 heterocycles. The molecule has 4 aliphatic rings. The number of morpholine rings is 1. The van der Waals surface area contributed by atoms with Crippen molar-refractivity contribution in [3.63, 3.8) is 0 Å². The highest BCUT2D eigenvalue weighted by Gasteiger charge is 2.42. The average Bonchev–Trinajstić information content (AvgIpc) is 3.54. The number of nitrogens with zero attached hydrogens (tertiary/aromatic N) is 5. The van der Waals surface area contributed by atoms with Gasteiger partial charge in [-0.15, -0.1) is 0 Å². The molecule has 310 valence electrons. The van der Waals surface area contributed by atoms with E-state index in [1.807, 2.05) is 19.1 Å². The number of allylic oxidation sites excluding steroid dienone is 1. The summed E-state index contributed by atoms with van der Waals surface area (Å²) in [6, 6.07) is 12.9. The molecular weight excluding hydrogens is 778 g/mol. The van der Waals surface area contributed by atoms with E-state index in [9.17, 15) is 18.6 Å². The molecular formula is C44H54ClN5O7S. The van der Waals surface area contributed by atoms with Gasteiger partial charge in [0.2, 0.25) is 0 Å². The maximum atomic E-state index is 14.7. The number of hydrogen-bond donors (Lipinski definition) is 0. The number of aromatic nitrogens is 1. The van der Waals surface area contributed by atoms with Crippen LogP contribution in [0.4, 0.5) is 5.69 Å². The summed E-state index contributed by atoms with van der Waals surface area (Å²) in [5.41, 5.74) is 4.73. The summed E-state index contributed by atoms with van der Waals surface area (Å²) >= 11 is 6.47. The van der Waals surface area contributed by atoms with E-state index in [4.69, 9.17) is 25.8 Å². The molecule has 2 bridgehead atoms. The Bertz CT molecular complexity index is 2240. The standard InChI is InChI=1S/C44H54ClN5O7S/c1-29-8-6-10-39(55-5)31(3)30(2)23-50-26-44(15-7-9-32-20-35(45)12-13-36(32)44)27-57-40-14-11-33(21-37(40)50)42(52)47-58(54,25-29)28-46-41(51)34-22-38(48(4)24-34)43(53)49-16-18-56-19-17-49/h6,10-14,20-22,24,28-31,39H,7-9,15-19,23,25-27H2,1-5H3/b10-6+,46-28+/t29-,30-,31+,39-,44-,58?/m0/s1. The molecule has 0 saturated carbocycles. The molecule has 1 aliphatic carbocycles. The van der Waals surface area contributed by atoms with Gasteiger partial charge in [0.05, 0.1) is 46.9 Å². The summed E-state index contributed by atoms with van der Waals surface area (Å²) in [4.78, 5) is 48.9. The number of benzene rings is 2. The molecule has 3 aromatic rings. The summed E-state index contributed by atoms with van der Waals surface area (Å²) in [6.07, 6.45) is 8.89. The summed E-state index contributed by atoms with van der Waals surface area (Å²) in [7, 11) is -0.0899. The van der Waals surface area contributed by atoms with Crippen molar-refractivity contribution in [3.8, 4) is 5.75 Å². The Hall–Kier alpha value is -4.30. The first kappa shape index (κ1) is 41.8. The van der Waals surface area contributed by atoms with Crippen LogP contribution in [0, 0.1) is 17.8 Å². The lowest BCUT2D eigenvalue weighted by Crippen LogP contribution is -2.47. The molecule has 0 N–H and O–H groups in total. The normalized spacial score (nSPS) is 28.7. The van der Waals surface area contributed by atoms with Crippen LogP contribution >= 0.6 is 11.6 Å². The fourth-order valence-electron chi connectivity index (χ4n) is 8.80. The molecule has 58 heavy (non-hydrogen) atoms. The lowest BCUT2D eigenvalue weighted by Gasteiger charge is -2.42. The zero-order valence-corrected chi connectivity index (χ0v) is 35.6. The molecule has 3 aliphatic heterocycles. The first-order chi connectivity index (χ1) is 27.8. The minimum absolute atomic E-state index is 0.00879. The highest BCUT2D eigenvalue weighted by Crippen LogP contribution is 2.45. The Balaban J connectivity index is 1.25. The number of rotatable bonds is 4.